The quantitative estimate of drug-likeness (QED) is 0.236. The van der Waals surface area contributed by atoms with E-state index in [2.05, 4.69) is 13.2 Å². The Balaban J connectivity index is 1.60. The number of benzene rings is 3. The molecule has 5 heteroatoms. The van der Waals surface area contributed by atoms with Crippen LogP contribution in [0.5, 0.6) is 17.2 Å². The van der Waals surface area contributed by atoms with Gasteiger partial charge in [0.25, 0.3) is 0 Å². The summed E-state index contributed by atoms with van der Waals surface area (Å²) >= 11 is 0. The van der Waals surface area contributed by atoms with E-state index in [9.17, 15) is 9.59 Å². The summed E-state index contributed by atoms with van der Waals surface area (Å²) in [5.74, 6) is 0.808. The second-order valence-electron chi connectivity index (χ2n) is 7.77. The van der Waals surface area contributed by atoms with Crippen LogP contribution in [0.1, 0.15) is 25.0 Å². The van der Waals surface area contributed by atoms with Gasteiger partial charge < -0.3 is 14.2 Å². The lowest BCUT2D eigenvalue weighted by molar-refractivity contribution is -0.130. The number of hydrogen-bond acceptors (Lipinski definition) is 5. The van der Waals surface area contributed by atoms with Crippen molar-refractivity contribution in [3.8, 4) is 28.4 Å². The molecule has 0 heterocycles. The zero-order chi connectivity index (χ0) is 24.0. The molecule has 3 aromatic rings. The topological polar surface area (TPSA) is 61.8 Å². The second-order valence-corrected chi connectivity index (χ2v) is 7.77. The van der Waals surface area contributed by atoms with Gasteiger partial charge in [-0.05, 0) is 79.4 Å². The molecule has 0 unspecified atom stereocenters. The van der Waals surface area contributed by atoms with Crippen LogP contribution in [-0.4, -0.2) is 11.9 Å². The first kappa shape index (κ1) is 23.5. The Morgan fingerprint density at radius 2 is 1.15 bits per heavy atom. The third-order valence-corrected chi connectivity index (χ3v) is 4.87. The summed E-state index contributed by atoms with van der Waals surface area (Å²) in [4.78, 5) is 23.3. The number of rotatable bonds is 8. The van der Waals surface area contributed by atoms with Gasteiger partial charge in [0.05, 0.1) is 0 Å². The van der Waals surface area contributed by atoms with Crippen LogP contribution in [0.2, 0.25) is 0 Å². The van der Waals surface area contributed by atoms with E-state index in [0.29, 0.717) is 29.3 Å². The van der Waals surface area contributed by atoms with E-state index in [-0.39, 0.29) is 0 Å². The number of ether oxygens (including phenoxy) is 3. The fraction of sp³-hybridized carbons (Fsp3) is 0.143. The van der Waals surface area contributed by atoms with Crippen molar-refractivity contribution in [2.45, 2.75) is 27.4 Å². The first-order chi connectivity index (χ1) is 15.7. The van der Waals surface area contributed by atoms with E-state index in [1.54, 1.807) is 38.1 Å². The Morgan fingerprint density at radius 1 is 0.697 bits per heavy atom. The van der Waals surface area contributed by atoms with Crippen molar-refractivity contribution >= 4 is 11.9 Å². The van der Waals surface area contributed by atoms with Gasteiger partial charge >= 0.3 is 11.9 Å². The van der Waals surface area contributed by atoms with Crippen LogP contribution in [-0.2, 0) is 16.2 Å². The highest BCUT2D eigenvalue weighted by Crippen LogP contribution is 2.26. The monoisotopic (exact) mass is 442 g/mol. The van der Waals surface area contributed by atoms with Crippen molar-refractivity contribution in [3.05, 3.63) is 102 Å². The van der Waals surface area contributed by atoms with E-state index in [1.165, 1.54) is 0 Å². The van der Waals surface area contributed by atoms with Crippen LogP contribution >= 0.6 is 0 Å². The van der Waals surface area contributed by atoms with E-state index in [1.807, 2.05) is 49.4 Å². The Hall–Kier alpha value is -4.12. The highest BCUT2D eigenvalue weighted by Gasteiger charge is 2.09. The van der Waals surface area contributed by atoms with Crippen LogP contribution in [0.15, 0.2) is 91.0 Å². The Kier molecular flexibility index (Phi) is 7.46. The van der Waals surface area contributed by atoms with Gasteiger partial charge in [-0.3, -0.25) is 0 Å². The summed E-state index contributed by atoms with van der Waals surface area (Å²) in [7, 11) is 0. The summed E-state index contributed by atoms with van der Waals surface area (Å²) in [5, 5.41) is 0. The number of aryl methyl sites for hydroxylation is 1. The number of carbonyl (C=O) groups is 2. The van der Waals surface area contributed by atoms with Gasteiger partial charge in [0.1, 0.15) is 23.9 Å². The van der Waals surface area contributed by atoms with Crippen molar-refractivity contribution in [1.29, 1.82) is 0 Å². The van der Waals surface area contributed by atoms with Gasteiger partial charge in [0.15, 0.2) is 0 Å². The van der Waals surface area contributed by atoms with Crippen LogP contribution in [0, 0.1) is 6.92 Å². The van der Waals surface area contributed by atoms with Crippen LogP contribution in [0.25, 0.3) is 11.1 Å². The van der Waals surface area contributed by atoms with Crippen molar-refractivity contribution in [2.24, 2.45) is 0 Å². The maximum Gasteiger partial charge on any atom is 0.338 e. The highest BCUT2D eigenvalue weighted by molar-refractivity contribution is 5.89. The molecule has 0 N–H and O–H groups in total. The minimum atomic E-state index is -0.444. The molecule has 0 aliphatic carbocycles. The summed E-state index contributed by atoms with van der Waals surface area (Å²) in [6.07, 6.45) is 0. The fourth-order valence-corrected chi connectivity index (χ4v) is 2.90. The van der Waals surface area contributed by atoms with E-state index < -0.39 is 11.9 Å². The molecule has 5 nitrogen and oxygen atoms in total. The van der Waals surface area contributed by atoms with E-state index >= 15 is 0 Å². The lowest BCUT2D eigenvalue weighted by Gasteiger charge is -2.11. The SMILES string of the molecule is C=C(C)C(=O)Oc1ccc(-c2ccc(OCc3ccc(OC(=O)C(=C)C)cc3C)cc2)cc1. The molecule has 0 aliphatic rings. The Morgan fingerprint density at radius 3 is 1.64 bits per heavy atom. The molecule has 0 bridgehead atoms. The average Bonchev–Trinajstić information content (AvgIpc) is 2.79. The normalized spacial score (nSPS) is 10.3. The van der Waals surface area contributed by atoms with E-state index in [0.717, 1.165) is 28.0 Å². The first-order valence-electron chi connectivity index (χ1n) is 10.4. The highest BCUT2D eigenvalue weighted by atomic mass is 16.5. The average molecular weight is 443 g/mol. The molecule has 0 aliphatic heterocycles. The van der Waals surface area contributed by atoms with Gasteiger partial charge in [-0.15, -0.1) is 0 Å². The maximum atomic E-state index is 11.7. The van der Waals surface area contributed by atoms with E-state index in [4.69, 9.17) is 14.2 Å². The summed E-state index contributed by atoms with van der Waals surface area (Å²) in [6, 6.07) is 20.5. The third kappa shape index (κ3) is 6.43. The van der Waals surface area contributed by atoms with Crippen LogP contribution < -0.4 is 14.2 Å². The van der Waals surface area contributed by atoms with Gasteiger partial charge in [0, 0.05) is 11.1 Å². The zero-order valence-electron chi connectivity index (χ0n) is 19.0. The molecule has 0 aromatic heterocycles. The molecular weight excluding hydrogens is 416 g/mol. The molecule has 168 valence electrons. The molecule has 0 radical (unpaired) electrons. The third-order valence-electron chi connectivity index (χ3n) is 4.87. The molecule has 0 saturated heterocycles. The molecule has 0 saturated carbocycles. The zero-order valence-corrected chi connectivity index (χ0v) is 19.0. The molecule has 3 aromatic carbocycles. The van der Waals surface area contributed by atoms with Gasteiger partial charge in [-0.25, -0.2) is 9.59 Å². The van der Waals surface area contributed by atoms with Crippen LogP contribution in [0.4, 0.5) is 0 Å². The van der Waals surface area contributed by atoms with Gasteiger partial charge in [-0.2, -0.15) is 0 Å². The Bertz CT molecular complexity index is 1190. The molecule has 0 fully saturated rings. The molecule has 3 rings (SSSR count). The molecule has 0 atom stereocenters. The number of carbonyl (C=O) groups excluding carboxylic acids is 2. The lowest BCUT2D eigenvalue weighted by Crippen LogP contribution is -2.08. The second kappa shape index (κ2) is 10.5. The van der Waals surface area contributed by atoms with Gasteiger partial charge in [0.2, 0.25) is 0 Å². The summed E-state index contributed by atoms with van der Waals surface area (Å²) < 4.78 is 16.4. The van der Waals surface area contributed by atoms with Crippen molar-refractivity contribution in [3.63, 3.8) is 0 Å². The Labute approximate surface area is 193 Å². The predicted octanol–water partition coefficient (Wildman–Crippen LogP) is 6.20. The maximum absolute atomic E-state index is 11.7. The first-order valence-corrected chi connectivity index (χ1v) is 10.4. The van der Waals surface area contributed by atoms with Gasteiger partial charge in [-0.1, -0.05) is 43.5 Å². The van der Waals surface area contributed by atoms with Crippen molar-refractivity contribution < 1.29 is 23.8 Å². The standard InChI is InChI=1S/C28H26O5/c1-18(2)27(29)32-25-13-8-22(9-14-25)21-6-11-24(12-7-21)31-17-23-10-15-26(16-20(23)5)33-28(30)19(3)4/h6-16H,1,3,17H2,2,4-5H3. The minimum Gasteiger partial charge on any atom is -0.489 e. The largest absolute Gasteiger partial charge is 0.489 e. The van der Waals surface area contributed by atoms with Crippen LogP contribution in [0.3, 0.4) is 0 Å². The summed E-state index contributed by atoms with van der Waals surface area (Å²) in [5.41, 5.74) is 4.67. The van der Waals surface area contributed by atoms with Crippen molar-refractivity contribution in [1.82, 2.24) is 0 Å². The number of hydrogen-bond donors (Lipinski definition) is 0. The minimum absolute atomic E-state index is 0.352. The smallest absolute Gasteiger partial charge is 0.338 e. The van der Waals surface area contributed by atoms with Crippen molar-refractivity contribution in [2.75, 3.05) is 0 Å². The molecule has 0 spiro atoms. The number of esters is 2. The molecule has 33 heavy (non-hydrogen) atoms. The fourth-order valence-electron chi connectivity index (χ4n) is 2.90. The molecule has 0 amide bonds. The lowest BCUT2D eigenvalue weighted by atomic mass is 10.1. The molecular formula is C28H26O5. The summed E-state index contributed by atoms with van der Waals surface area (Å²) in [6.45, 7) is 12.7. The predicted molar refractivity (Wildman–Crippen MR) is 128 cm³/mol.